The van der Waals surface area contributed by atoms with E-state index >= 15 is 0 Å². The van der Waals surface area contributed by atoms with Crippen LogP contribution in [-0.2, 0) is 0 Å². The van der Waals surface area contributed by atoms with Gasteiger partial charge in [-0.25, -0.2) is 0 Å². The Morgan fingerprint density at radius 3 is 2.00 bits per heavy atom. The molecule has 1 aromatic carbocycles. The molecule has 0 unspecified atom stereocenters. The number of ether oxygens (including phenoxy) is 2. The van der Waals surface area contributed by atoms with Gasteiger partial charge in [-0.15, -0.1) is 0 Å². The lowest BCUT2D eigenvalue weighted by atomic mass is 10.3. The van der Waals surface area contributed by atoms with Crippen molar-refractivity contribution in [3.8, 4) is 17.2 Å². The quantitative estimate of drug-likeness (QED) is 0.850. The van der Waals surface area contributed by atoms with Crippen LogP contribution < -0.4 is 9.47 Å². The van der Waals surface area contributed by atoms with Gasteiger partial charge in [0, 0.05) is 0 Å². The number of hydrogen-bond donors (Lipinski definition) is 1. The van der Waals surface area contributed by atoms with Crippen LogP contribution in [0.1, 0.15) is 0 Å². The summed E-state index contributed by atoms with van der Waals surface area (Å²) in [5.74, 6) is 0.101. The molecule has 3 nitrogen and oxygen atoms in total. The predicted octanol–water partition coefficient (Wildman–Crippen LogP) is 3.48. The van der Waals surface area contributed by atoms with Crippen molar-refractivity contribution in [1.29, 1.82) is 0 Å². The summed E-state index contributed by atoms with van der Waals surface area (Å²) in [4.78, 5) is 0. The number of halogens is 3. The van der Waals surface area contributed by atoms with Crippen molar-refractivity contribution in [2.24, 2.45) is 0 Å². The zero-order valence-corrected chi connectivity index (χ0v) is 10.5. The van der Waals surface area contributed by atoms with Gasteiger partial charge in [0.1, 0.15) is 5.02 Å². The van der Waals surface area contributed by atoms with Crippen molar-refractivity contribution < 1.29 is 14.6 Å². The maximum absolute atomic E-state index is 9.65. The highest BCUT2D eigenvalue weighted by molar-refractivity contribution is 9.10. The fourth-order valence-electron chi connectivity index (χ4n) is 0.979. The van der Waals surface area contributed by atoms with Crippen LogP contribution >= 0.6 is 39.1 Å². The number of hydrogen-bond acceptors (Lipinski definition) is 3. The minimum absolute atomic E-state index is 0.0942. The van der Waals surface area contributed by atoms with Gasteiger partial charge in [0.05, 0.1) is 23.7 Å². The number of aromatic hydroxyl groups is 1. The van der Waals surface area contributed by atoms with Crippen LogP contribution in [0.2, 0.25) is 10.0 Å². The summed E-state index contributed by atoms with van der Waals surface area (Å²) in [6, 6.07) is 0. The van der Waals surface area contributed by atoms with Gasteiger partial charge in [-0.3, -0.25) is 0 Å². The summed E-state index contributed by atoms with van der Waals surface area (Å²) < 4.78 is 10.2. The van der Waals surface area contributed by atoms with E-state index in [1.165, 1.54) is 14.2 Å². The van der Waals surface area contributed by atoms with Crippen molar-refractivity contribution >= 4 is 39.1 Å². The highest BCUT2D eigenvalue weighted by atomic mass is 79.9. The molecule has 0 radical (unpaired) electrons. The number of methoxy groups -OCH3 is 2. The van der Waals surface area contributed by atoms with E-state index in [9.17, 15) is 5.11 Å². The molecular weight excluding hydrogens is 295 g/mol. The van der Waals surface area contributed by atoms with Crippen LogP contribution in [0.4, 0.5) is 0 Å². The molecule has 0 spiro atoms. The average molecular weight is 302 g/mol. The highest BCUT2D eigenvalue weighted by Gasteiger charge is 2.21. The standard InChI is InChI=1S/C8H7BrCl2O3/c1-13-7-3(9)4(10)5(11)8(14-2)6(7)12/h12H,1-2H3. The Hall–Kier alpha value is -0.320. The number of rotatable bonds is 2. The third-order valence-electron chi connectivity index (χ3n) is 1.62. The first kappa shape index (κ1) is 11.8. The van der Waals surface area contributed by atoms with E-state index in [0.717, 1.165) is 0 Å². The lowest BCUT2D eigenvalue weighted by molar-refractivity contribution is 0.338. The monoisotopic (exact) mass is 300 g/mol. The normalized spacial score (nSPS) is 10.1. The van der Waals surface area contributed by atoms with Crippen LogP contribution in [0.15, 0.2) is 4.47 Å². The fourth-order valence-corrected chi connectivity index (χ4v) is 2.07. The maximum atomic E-state index is 9.65. The lowest BCUT2D eigenvalue weighted by Gasteiger charge is -2.13. The Bertz CT molecular complexity index is 337. The van der Waals surface area contributed by atoms with Crippen LogP contribution in [0, 0.1) is 0 Å². The first-order valence-electron chi connectivity index (χ1n) is 3.52. The van der Waals surface area contributed by atoms with E-state index in [0.29, 0.717) is 4.47 Å². The molecular formula is C8H7BrCl2O3. The van der Waals surface area contributed by atoms with E-state index in [4.69, 9.17) is 32.7 Å². The zero-order chi connectivity index (χ0) is 10.9. The van der Waals surface area contributed by atoms with Crippen molar-refractivity contribution in [2.75, 3.05) is 14.2 Å². The number of benzene rings is 1. The first-order chi connectivity index (χ1) is 6.54. The molecule has 0 atom stereocenters. The minimum atomic E-state index is -0.184. The molecule has 0 aliphatic heterocycles. The van der Waals surface area contributed by atoms with Gasteiger partial charge in [0.2, 0.25) is 5.75 Å². The van der Waals surface area contributed by atoms with Gasteiger partial charge in [-0.2, -0.15) is 0 Å². The Morgan fingerprint density at radius 2 is 1.57 bits per heavy atom. The van der Waals surface area contributed by atoms with Gasteiger partial charge < -0.3 is 14.6 Å². The Kier molecular flexibility index (Phi) is 3.75. The lowest BCUT2D eigenvalue weighted by Crippen LogP contribution is -1.92. The van der Waals surface area contributed by atoms with E-state index in [1.807, 2.05) is 0 Å². The van der Waals surface area contributed by atoms with E-state index in [1.54, 1.807) is 0 Å². The molecule has 78 valence electrons. The Balaban J connectivity index is 3.56. The average Bonchev–Trinajstić information content (AvgIpc) is 2.16. The third-order valence-corrected chi connectivity index (χ3v) is 3.44. The molecule has 0 heterocycles. The van der Waals surface area contributed by atoms with Crippen LogP contribution in [0.5, 0.6) is 17.2 Å². The summed E-state index contributed by atoms with van der Waals surface area (Å²) in [7, 11) is 2.79. The summed E-state index contributed by atoms with van der Waals surface area (Å²) in [6.07, 6.45) is 0. The molecule has 0 aliphatic rings. The molecule has 6 heteroatoms. The van der Waals surface area contributed by atoms with Gasteiger partial charge in [0.25, 0.3) is 0 Å². The molecule has 0 bridgehead atoms. The summed E-state index contributed by atoms with van der Waals surface area (Å²) in [5.41, 5.74) is 0. The number of phenols is 1. The van der Waals surface area contributed by atoms with Crippen LogP contribution in [0.25, 0.3) is 0 Å². The SMILES string of the molecule is COc1c(O)c(OC)c(Br)c(Cl)c1Cl. The molecule has 0 saturated carbocycles. The molecule has 14 heavy (non-hydrogen) atoms. The van der Waals surface area contributed by atoms with Gasteiger partial charge in [0.15, 0.2) is 11.5 Å². The Morgan fingerprint density at radius 1 is 1.07 bits per heavy atom. The second-order valence-corrected chi connectivity index (χ2v) is 3.91. The fraction of sp³-hybridized carbons (Fsp3) is 0.250. The van der Waals surface area contributed by atoms with Crippen LogP contribution in [0.3, 0.4) is 0 Å². The molecule has 0 aliphatic carbocycles. The van der Waals surface area contributed by atoms with Gasteiger partial charge in [-0.1, -0.05) is 23.2 Å². The van der Waals surface area contributed by atoms with E-state index in [2.05, 4.69) is 15.9 Å². The zero-order valence-electron chi connectivity index (χ0n) is 7.40. The minimum Gasteiger partial charge on any atom is -0.502 e. The summed E-state index contributed by atoms with van der Waals surface area (Å²) >= 11 is 14.8. The predicted molar refractivity (Wildman–Crippen MR) is 58.9 cm³/mol. The van der Waals surface area contributed by atoms with Crippen molar-refractivity contribution in [2.45, 2.75) is 0 Å². The summed E-state index contributed by atoms with van der Waals surface area (Å²) in [5, 5.41) is 10.0. The van der Waals surface area contributed by atoms with Crippen molar-refractivity contribution in [3.63, 3.8) is 0 Å². The smallest absolute Gasteiger partial charge is 0.203 e. The molecule has 1 rings (SSSR count). The molecule has 0 fully saturated rings. The molecule has 1 N–H and O–H groups in total. The van der Waals surface area contributed by atoms with Gasteiger partial charge >= 0.3 is 0 Å². The largest absolute Gasteiger partial charge is 0.502 e. The highest BCUT2D eigenvalue weighted by Crippen LogP contribution is 2.51. The van der Waals surface area contributed by atoms with Crippen molar-refractivity contribution in [1.82, 2.24) is 0 Å². The maximum Gasteiger partial charge on any atom is 0.203 e. The molecule has 1 aromatic rings. The first-order valence-corrected chi connectivity index (χ1v) is 5.06. The van der Waals surface area contributed by atoms with Gasteiger partial charge in [-0.05, 0) is 15.9 Å². The molecule has 0 amide bonds. The van der Waals surface area contributed by atoms with Crippen LogP contribution in [-0.4, -0.2) is 19.3 Å². The Labute approximate surface area is 99.7 Å². The topological polar surface area (TPSA) is 38.7 Å². The van der Waals surface area contributed by atoms with E-state index < -0.39 is 0 Å². The summed E-state index contributed by atoms with van der Waals surface area (Å²) in [6.45, 7) is 0. The third kappa shape index (κ3) is 1.74. The number of phenolic OH excluding ortho intramolecular Hbond substituents is 1. The second kappa shape index (κ2) is 4.47. The van der Waals surface area contributed by atoms with Crippen molar-refractivity contribution in [3.05, 3.63) is 14.5 Å². The molecule has 0 aromatic heterocycles. The van der Waals surface area contributed by atoms with E-state index in [-0.39, 0.29) is 27.3 Å². The second-order valence-electron chi connectivity index (χ2n) is 2.36. The molecule has 0 saturated heterocycles.